The zero-order valence-electron chi connectivity index (χ0n) is 12.3. The van der Waals surface area contributed by atoms with Crippen LogP contribution in [-0.2, 0) is 0 Å². The van der Waals surface area contributed by atoms with Crippen molar-refractivity contribution in [3.8, 4) is 5.75 Å². The lowest BCUT2D eigenvalue weighted by molar-refractivity contribution is 0.0915. The van der Waals surface area contributed by atoms with Crippen LogP contribution in [0.2, 0.25) is 0 Å². The highest BCUT2D eigenvalue weighted by atomic mass is 16.5. The summed E-state index contributed by atoms with van der Waals surface area (Å²) in [4.78, 5) is 12.3. The van der Waals surface area contributed by atoms with Gasteiger partial charge in [-0.05, 0) is 68.2 Å². The monoisotopic (exact) mass is 273 g/mol. The highest BCUT2D eigenvalue weighted by Gasteiger charge is 2.42. The fraction of sp³-hybridized carbons (Fsp3) is 0.588. The van der Waals surface area contributed by atoms with Crippen LogP contribution >= 0.6 is 0 Å². The number of benzene rings is 1. The molecule has 2 fully saturated rings. The summed E-state index contributed by atoms with van der Waals surface area (Å²) in [5.74, 6) is 3.25. The molecule has 108 valence electrons. The maximum Gasteiger partial charge on any atom is 0.251 e. The van der Waals surface area contributed by atoms with Gasteiger partial charge in [0.05, 0.1) is 7.11 Å². The summed E-state index contributed by atoms with van der Waals surface area (Å²) in [5.41, 5.74) is 0.709. The van der Waals surface area contributed by atoms with Gasteiger partial charge in [0.15, 0.2) is 0 Å². The summed E-state index contributed by atoms with van der Waals surface area (Å²) in [6.07, 6.45) is 5.44. The Hall–Kier alpha value is -1.51. The summed E-state index contributed by atoms with van der Waals surface area (Å²) >= 11 is 0. The van der Waals surface area contributed by atoms with Crippen LogP contribution in [0.25, 0.3) is 0 Å². The van der Waals surface area contributed by atoms with Crippen LogP contribution in [0.3, 0.4) is 0 Å². The number of carbonyl (C=O) groups excluding carboxylic acids is 1. The Balaban J connectivity index is 1.60. The number of rotatable bonds is 4. The summed E-state index contributed by atoms with van der Waals surface area (Å²) in [5, 5.41) is 3.18. The van der Waals surface area contributed by atoms with Crippen molar-refractivity contribution in [2.75, 3.05) is 7.11 Å². The molecule has 2 aliphatic carbocycles. The average Bonchev–Trinajstić information content (AvgIpc) is 3.10. The van der Waals surface area contributed by atoms with Gasteiger partial charge in [-0.2, -0.15) is 0 Å². The third-order valence-corrected chi connectivity index (χ3v) is 5.15. The zero-order chi connectivity index (χ0) is 14.1. The molecular weight excluding hydrogens is 250 g/mol. The minimum atomic E-state index is 0.0305. The lowest BCUT2D eigenvalue weighted by atomic mass is 9.84. The smallest absolute Gasteiger partial charge is 0.251 e. The minimum absolute atomic E-state index is 0.0305. The molecule has 0 heterocycles. The Kier molecular flexibility index (Phi) is 3.68. The standard InChI is InChI=1S/C17H23NO2/c1-11(16-10-12-3-4-14(16)9-12)18-17(19)13-5-7-15(20-2)8-6-13/h5-8,11-12,14,16H,3-4,9-10H2,1-2H3,(H,18,19)/t11-,12+,14+,16+/m0/s1. The highest BCUT2D eigenvalue weighted by molar-refractivity contribution is 5.94. The third-order valence-electron chi connectivity index (χ3n) is 5.15. The average molecular weight is 273 g/mol. The van der Waals surface area contributed by atoms with Crippen LogP contribution < -0.4 is 10.1 Å². The van der Waals surface area contributed by atoms with E-state index in [4.69, 9.17) is 4.74 Å². The first-order valence-corrected chi connectivity index (χ1v) is 7.62. The predicted molar refractivity (Wildman–Crippen MR) is 78.9 cm³/mol. The molecule has 0 aliphatic heterocycles. The fourth-order valence-electron chi connectivity index (χ4n) is 4.05. The molecule has 4 atom stereocenters. The summed E-state index contributed by atoms with van der Waals surface area (Å²) in [6.45, 7) is 2.16. The molecule has 3 heteroatoms. The minimum Gasteiger partial charge on any atom is -0.497 e. The number of amides is 1. The first-order valence-electron chi connectivity index (χ1n) is 7.62. The van der Waals surface area contributed by atoms with E-state index in [0.29, 0.717) is 11.5 Å². The fourth-order valence-corrected chi connectivity index (χ4v) is 4.05. The molecule has 3 nitrogen and oxygen atoms in total. The van der Waals surface area contributed by atoms with Crippen LogP contribution in [-0.4, -0.2) is 19.1 Å². The maximum absolute atomic E-state index is 12.3. The van der Waals surface area contributed by atoms with Gasteiger partial charge in [0, 0.05) is 11.6 Å². The van der Waals surface area contributed by atoms with Gasteiger partial charge in [-0.25, -0.2) is 0 Å². The third kappa shape index (κ3) is 2.54. The molecule has 3 rings (SSSR count). The molecule has 0 saturated heterocycles. The number of hydrogen-bond acceptors (Lipinski definition) is 2. The molecule has 1 amide bonds. The molecule has 0 radical (unpaired) electrons. The molecule has 2 saturated carbocycles. The van der Waals surface area contributed by atoms with E-state index in [9.17, 15) is 4.79 Å². The summed E-state index contributed by atoms with van der Waals surface area (Å²) in [6, 6.07) is 7.58. The molecule has 0 unspecified atom stereocenters. The normalized spacial score (nSPS) is 29.2. The first kappa shape index (κ1) is 13.5. The van der Waals surface area contributed by atoms with Gasteiger partial charge in [0.1, 0.15) is 5.75 Å². The second-order valence-electron chi connectivity index (χ2n) is 6.33. The van der Waals surface area contributed by atoms with Crippen molar-refractivity contribution in [1.29, 1.82) is 0 Å². The zero-order valence-corrected chi connectivity index (χ0v) is 12.3. The Labute approximate surface area is 120 Å². The van der Waals surface area contributed by atoms with Gasteiger partial charge in [-0.3, -0.25) is 4.79 Å². The van der Waals surface area contributed by atoms with E-state index in [2.05, 4.69) is 12.2 Å². The number of nitrogens with one attached hydrogen (secondary N) is 1. The maximum atomic E-state index is 12.3. The predicted octanol–water partition coefficient (Wildman–Crippen LogP) is 3.25. The van der Waals surface area contributed by atoms with E-state index in [0.717, 1.165) is 17.6 Å². The topological polar surface area (TPSA) is 38.3 Å². The van der Waals surface area contributed by atoms with Gasteiger partial charge in [-0.1, -0.05) is 6.42 Å². The number of methoxy groups -OCH3 is 1. The summed E-state index contributed by atoms with van der Waals surface area (Å²) in [7, 11) is 1.63. The SMILES string of the molecule is COc1ccc(C(=O)N[C@@H](C)[C@H]2C[C@@H]3CC[C@@H]2C3)cc1. The van der Waals surface area contributed by atoms with Crippen molar-refractivity contribution < 1.29 is 9.53 Å². The van der Waals surface area contributed by atoms with Gasteiger partial charge < -0.3 is 10.1 Å². The Morgan fingerprint density at radius 1 is 1.25 bits per heavy atom. The second kappa shape index (κ2) is 5.47. The second-order valence-corrected chi connectivity index (χ2v) is 6.33. The van der Waals surface area contributed by atoms with Gasteiger partial charge in [-0.15, -0.1) is 0 Å². The van der Waals surface area contributed by atoms with Crippen molar-refractivity contribution in [2.24, 2.45) is 17.8 Å². The van der Waals surface area contributed by atoms with Crippen LogP contribution in [0.4, 0.5) is 0 Å². The molecule has 1 N–H and O–H groups in total. The Morgan fingerprint density at radius 2 is 2.00 bits per heavy atom. The lowest BCUT2D eigenvalue weighted by Gasteiger charge is -2.28. The lowest BCUT2D eigenvalue weighted by Crippen LogP contribution is -2.40. The molecule has 1 aromatic carbocycles. The van der Waals surface area contributed by atoms with Crippen LogP contribution in [0.15, 0.2) is 24.3 Å². The van der Waals surface area contributed by atoms with E-state index < -0.39 is 0 Å². The van der Waals surface area contributed by atoms with Crippen molar-refractivity contribution in [2.45, 2.75) is 38.6 Å². The van der Waals surface area contributed by atoms with E-state index in [1.54, 1.807) is 7.11 Å². The molecular formula is C17H23NO2. The van der Waals surface area contributed by atoms with E-state index >= 15 is 0 Å². The molecule has 0 aromatic heterocycles. The quantitative estimate of drug-likeness (QED) is 0.914. The van der Waals surface area contributed by atoms with Gasteiger partial charge >= 0.3 is 0 Å². The van der Waals surface area contributed by atoms with E-state index in [1.807, 2.05) is 24.3 Å². The first-order chi connectivity index (χ1) is 9.67. The van der Waals surface area contributed by atoms with E-state index in [-0.39, 0.29) is 11.9 Å². The van der Waals surface area contributed by atoms with Gasteiger partial charge in [0.2, 0.25) is 0 Å². The van der Waals surface area contributed by atoms with Crippen LogP contribution in [0, 0.1) is 17.8 Å². The van der Waals surface area contributed by atoms with Crippen molar-refractivity contribution in [3.63, 3.8) is 0 Å². The Morgan fingerprint density at radius 3 is 2.55 bits per heavy atom. The summed E-state index contributed by atoms with van der Waals surface area (Å²) < 4.78 is 5.11. The Bertz CT molecular complexity index is 482. The number of ether oxygens (including phenoxy) is 1. The highest BCUT2D eigenvalue weighted by Crippen LogP contribution is 2.49. The largest absolute Gasteiger partial charge is 0.497 e. The number of hydrogen-bond donors (Lipinski definition) is 1. The van der Waals surface area contributed by atoms with Crippen molar-refractivity contribution in [1.82, 2.24) is 5.32 Å². The van der Waals surface area contributed by atoms with Crippen molar-refractivity contribution >= 4 is 5.91 Å². The van der Waals surface area contributed by atoms with Crippen LogP contribution in [0.1, 0.15) is 43.0 Å². The van der Waals surface area contributed by atoms with E-state index in [1.165, 1.54) is 25.7 Å². The van der Waals surface area contributed by atoms with Crippen molar-refractivity contribution in [3.05, 3.63) is 29.8 Å². The molecule has 1 aromatic rings. The number of fused-ring (bicyclic) bond motifs is 2. The number of carbonyl (C=O) groups is 1. The molecule has 20 heavy (non-hydrogen) atoms. The van der Waals surface area contributed by atoms with Crippen LogP contribution in [0.5, 0.6) is 5.75 Å². The molecule has 2 aliphatic rings. The van der Waals surface area contributed by atoms with Gasteiger partial charge in [0.25, 0.3) is 5.91 Å². The molecule has 0 spiro atoms. The molecule has 2 bridgehead atoms.